The number of amides is 4. The Labute approximate surface area is 236 Å². The number of benzene rings is 1. The highest BCUT2D eigenvalue weighted by molar-refractivity contribution is 5.94. The van der Waals surface area contributed by atoms with Gasteiger partial charge in [0.15, 0.2) is 0 Å². The third kappa shape index (κ3) is 8.25. The normalized spacial score (nSPS) is 24.9. The number of hydrogen-bond acceptors (Lipinski definition) is 7. The van der Waals surface area contributed by atoms with Crippen LogP contribution in [0.2, 0.25) is 0 Å². The van der Waals surface area contributed by atoms with Crippen LogP contribution in [0, 0.1) is 11.8 Å². The fourth-order valence-electron chi connectivity index (χ4n) is 5.96. The van der Waals surface area contributed by atoms with E-state index in [9.17, 15) is 19.2 Å². The van der Waals surface area contributed by atoms with E-state index < -0.39 is 0 Å². The van der Waals surface area contributed by atoms with Gasteiger partial charge in [0, 0.05) is 50.7 Å². The zero-order chi connectivity index (χ0) is 28.3. The van der Waals surface area contributed by atoms with Gasteiger partial charge in [-0.2, -0.15) is 0 Å². The van der Waals surface area contributed by atoms with E-state index in [1.165, 1.54) is 0 Å². The Balaban J connectivity index is 1.43. The highest BCUT2D eigenvalue weighted by Gasteiger charge is 2.36. The number of nitrogens with zero attached hydrogens (tertiary/aromatic N) is 3. The van der Waals surface area contributed by atoms with E-state index in [0.29, 0.717) is 77.3 Å². The molecule has 2 atom stereocenters. The predicted octanol–water partition coefficient (Wildman–Crippen LogP) is 0.486. The first-order chi connectivity index (χ1) is 19.5. The molecular formula is C29H43N5O6. The van der Waals surface area contributed by atoms with Gasteiger partial charge in [-0.1, -0.05) is 18.2 Å². The minimum Gasteiger partial charge on any atom is -0.377 e. The number of nitrogens with two attached hydrogens (primary N) is 1. The van der Waals surface area contributed by atoms with E-state index in [0.717, 1.165) is 12.8 Å². The van der Waals surface area contributed by atoms with Crippen molar-refractivity contribution >= 4 is 23.6 Å². The van der Waals surface area contributed by atoms with Crippen molar-refractivity contribution < 1.29 is 28.7 Å². The first kappa shape index (κ1) is 30.0. The number of rotatable bonds is 4. The average molecular weight is 558 g/mol. The van der Waals surface area contributed by atoms with E-state index >= 15 is 0 Å². The lowest BCUT2D eigenvalue weighted by molar-refractivity contribution is -0.148. The molecule has 1 unspecified atom stereocenters. The number of carbonyl (C=O) groups excluding carboxylic acids is 4. The van der Waals surface area contributed by atoms with Crippen LogP contribution in [0.4, 0.5) is 0 Å². The van der Waals surface area contributed by atoms with Crippen molar-refractivity contribution in [2.24, 2.45) is 17.6 Å². The predicted molar refractivity (Wildman–Crippen MR) is 148 cm³/mol. The maximum absolute atomic E-state index is 13.5. The van der Waals surface area contributed by atoms with Crippen LogP contribution in [0.1, 0.15) is 42.5 Å². The van der Waals surface area contributed by atoms with Gasteiger partial charge in [-0.15, -0.1) is 0 Å². The van der Waals surface area contributed by atoms with Gasteiger partial charge in [-0.05, 0) is 56.2 Å². The van der Waals surface area contributed by atoms with Crippen LogP contribution in [0.5, 0.6) is 0 Å². The van der Waals surface area contributed by atoms with Crippen LogP contribution in [0.25, 0.3) is 0 Å². The molecule has 0 aliphatic carbocycles. The molecule has 0 saturated carbocycles. The van der Waals surface area contributed by atoms with Gasteiger partial charge in [0.25, 0.3) is 5.91 Å². The maximum Gasteiger partial charge on any atom is 0.253 e. The van der Waals surface area contributed by atoms with Crippen molar-refractivity contribution in [1.82, 2.24) is 20.0 Å². The topological polar surface area (TPSA) is 135 Å². The Morgan fingerprint density at radius 1 is 0.950 bits per heavy atom. The Hall–Kier alpha value is -3.02. The van der Waals surface area contributed by atoms with E-state index in [1.807, 2.05) is 28.0 Å². The van der Waals surface area contributed by atoms with Crippen LogP contribution in [-0.2, 0) is 23.9 Å². The van der Waals surface area contributed by atoms with E-state index in [4.69, 9.17) is 15.2 Å². The number of piperidine rings is 2. The van der Waals surface area contributed by atoms with Crippen molar-refractivity contribution in [2.75, 3.05) is 72.2 Å². The van der Waals surface area contributed by atoms with Gasteiger partial charge in [0.2, 0.25) is 17.7 Å². The van der Waals surface area contributed by atoms with Gasteiger partial charge in [-0.3, -0.25) is 19.2 Å². The van der Waals surface area contributed by atoms with Gasteiger partial charge >= 0.3 is 0 Å². The van der Waals surface area contributed by atoms with Crippen molar-refractivity contribution in [1.29, 1.82) is 0 Å². The molecule has 4 fully saturated rings. The Bertz CT molecular complexity index is 1000. The standard InChI is InChI=1S/C29H43N5O6/c30-10-6-24-19-33-12-7-23(24)18-26(35)31-11-15-39-16-17-40-21-28(37)34(20-27(33)36)25-8-13-32(14-9-25)29(38)22-4-2-1-3-5-22/h1-5,23-25H,6-21,30H2,(H,31,35)/t23?,24-/m0/s1. The molecule has 4 saturated heterocycles. The Morgan fingerprint density at radius 3 is 2.45 bits per heavy atom. The molecule has 220 valence electrons. The largest absolute Gasteiger partial charge is 0.377 e. The smallest absolute Gasteiger partial charge is 0.253 e. The van der Waals surface area contributed by atoms with Crippen LogP contribution < -0.4 is 11.1 Å². The molecule has 2 bridgehead atoms. The molecule has 4 heterocycles. The number of fused-ring (bicyclic) bond motifs is 15. The summed E-state index contributed by atoms with van der Waals surface area (Å²) in [7, 11) is 0. The molecule has 3 N–H and O–H groups in total. The average Bonchev–Trinajstić information content (AvgIpc) is 2.97. The lowest BCUT2D eigenvalue weighted by Crippen LogP contribution is -2.54. The van der Waals surface area contributed by atoms with E-state index in [2.05, 4.69) is 5.32 Å². The summed E-state index contributed by atoms with van der Waals surface area (Å²) < 4.78 is 11.1. The second-order valence-electron chi connectivity index (χ2n) is 10.9. The van der Waals surface area contributed by atoms with Crippen molar-refractivity contribution in [2.45, 2.75) is 38.1 Å². The zero-order valence-corrected chi connectivity index (χ0v) is 23.3. The second kappa shape index (κ2) is 15.1. The fraction of sp³-hybridized carbons (Fsp3) is 0.655. The summed E-state index contributed by atoms with van der Waals surface area (Å²) in [4.78, 5) is 57.6. The first-order valence-electron chi connectivity index (χ1n) is 14.5. The van der Waals surface area contributed by atoms with Gasteiger partial charge in [0.05, 0.1) is 19.8 Å². The Morgan fingerprint density at radius 2 is 1.70 bits per heavy atom. The summed E-state index contributed by atoms with van der Waals surface area (Å²) in [6.45, 7) is 3.73. The van der Waals surface area contributed by atoms with Crippen molar-refractivity contribution in [3.8, 4) is 0 Å². The molecule has 40 heavy (non-hydrogen) atoms. The third-order valence-electron chi connectivity index (χ3n) is 8.23. The molecule has 11 nitrogen and oxygen atoms in total. The minimum atomic E-state index is -0.233. The number of ether oxygens (including phenoxy) is 2. The van der Waals surface area contributed by atoms with Crippen LogP contribution >= 0.6 is 0 Å². The number of likely N-dealkylation sites (tertiary alicyclic amines) is 1. The van der Waals surface area contributed by atoms with Crippen molar-refractivity contribution in [3.63, 3.8) is 0 Å². The van der Waals surface area contributed by atoms with Crippen molar-refractivity contribution in [3.05, 3.63) is 35.9 Å². The molecule has 11 heteroatoms. The molecule has 4 aliphatic heterocycles. The molecule has 4 amide bonds. The van der Waals surface area contributed by atoms with Gasteiger partial charge in [-0.25, -0.2) is 0 Å². The van der Waals surface area contributed by atoms with E-state index in [1.54, 1.807) is 17.0 Å². The molecule has 5 rings (SSSR count). The maximum atomic E-state index is 13.5. The lowest BCUT2D eigenvalue weighted by Gasteiger charge is -2.41. The summed E-state index contributed by atoms with van der Waals surface area (Å²) in [5.41, 5.74) is 6.53. The number of nitrogens with one attached hydrogen (secondary N) is 1. The van der Waals surface area contributed by atoms with Crippen LogP contribution in [-0.4, -0.2) is 117 Å². The fourth-order valence-corrected chi connectivity index (χ4v) is 5.96. The summed E-state index contributed by atoms with van der Waals surface area (Å²) in [6.07, 6.45) is 3.04. The summed E-state index contributed by atoms with van der Waals surface area (Å²) in [5.74, 6) is -0.0876. The molecule has 4 aliphatic rings. The number of carbonyl (C=O) groups is 4. The minimum absolute atomic E-state index is 0.0124. The number of hydrogen-bond donors (Lipinski definition) is 2. The third-order valence-corrected chi connectivity index (χ3v) is 8.23. The highest BCUT2D eigenvalue weighted by Crippen LogP contribution is 2.29. The SMILES string of the molecule is NCC[C@H]1CN2CCC1CC(=O)NCCOCCOCC(=O)N(C1CCN(C(=O)c3ccccc3)CC1)CC2=O. The van der Waals surface area contributed by atoms with Gasteiger partial charge < -0.3 is 35.2 Å². The van der Waals surface area contributed by atoms with E-state index in [-0.39, 0.29) is 61.3 Å². The molecule has 0 radical (unpaired) electrons. The summed E-state index contributed by atoms with van der Waals surface area (Å²) in [5, 5.41) is 2.91. The Kier molecular flexibility index (Phi) is 11.3. The summed E-state index contributed by atoms with van der Waals surface area (Å²) >= 11 is 0. The lowest BCUT2D eigenvalue weighted by atomic mass is 9.81. The highest BCUT2D eigenvalue weighted by atomic mass is 16.5. The molecule has 1 aromatic rings. The monoisotopic (exact) mass is 557 g/mol. The molecular weight excluding hydrogens is 514 g/mol. The van der Waals surface area contributed by atoms with Crippen LogP contribution in [0.15, 0.2) is 30.3 Å². The van der Waals surface area contributed by atoms with Crippen LogP contribution in [0.3, 0.4) is 0 Å². The summed E-state index contributed by atoms with van der Waals surface area (Å²) in [6, 6.07) is 9.02. The second-order valence-corrected chi connectivity index (χ2v) is 10.9. The quantitative estimate of drug-likeness (QED) is 0.515. The first-order valence-corrected chi connectivity index (χ1v) is 14.5. The molecule has 1 aromatic carbocycles. The zero-order valence-electron chi connectivity index (χ0n) is 23.3. The van der Waals surface area contributed by atoms with Gasteiger partial charge in [0.1, 0.15) is 13.2 Å². The molecule has 0 spiro atoms. The molecule has 0 aromatic heterocycles.